The number of hydrogen-bond acceptors (Lipinski definition) is 6. The zero-order valence-corrected chi connectivity index (χ0v) is 8.48. The smallest absolute Gasteiger partial charge is 0.376 e. The Kier molecular flexibility index (Phi) is 2.04. The summed E-state index contributed by atoms with van der Waals surface area (Å²) in [6.45, 7) is 0. The molecule has 0 bridgehead atoms. The maximum atomic E-state index is 11.1. The summed E-state index contributed by atoms with van der Waals surface area (Å²) in [5.41, 5.74) is 0. The van der Waals surface area contributed by atoms with Crippen molar-refractivity contribution in [2.24, 2.45) is 0 Å². The Morgan fingerprint density at radius 2 is 2.13 bits per heavy atom. The van der Waals surface area contributed by atoms with Crippen molar-refractivity contribution < 1.29 is 17.9 Å². The highest BCUT2D eigenvalue weighted by molar-refractivity contribution is 8.06. The molecule has 0 amide bonds. The fraction of sp³-hybridized carbons (Fsp3) is 0.125. The van der Waals surface area contributed by atoms with Crippen LogP contribution >= 0.6 is 0 Å². The van der Waals surface area contributed by atoms with Gasteiger partial charge in [0.05, 0.1) is 17.9 Å². The molecule has 0 fully saturated rings. The molecule has 0 N–H and O–H groups in total. The minimum Gasteiger partial charge on any atom is -0.463 e. The van der Waals surface area contributed by atoms with Crippen LogP contribution < -0.4 is 10.6 Å². The lowest BCUT2D eigenvalue weighted by atomic mass is 10.4. The SMILES string of the molecule is COC(=O)c1ncc2c(n1)=CS(=O)(=O)C=2. The predicted octanol–water partition coefficient (Wildman–Crippen LogP) is -1.83. The second-order valence-electron chi connectivity index (χ2n) is 2.85. The summed E-state index contributed by atoms with van der Waals surface area (Å²) in [6, 6.07) is 0. The summed E-state index contributed by atoms with van der Waals surface area (Å²) >= 11 is 0. The Balaban J connectivity index is 2.68. The molecule has 1 aliphatic rings. The normalized spacial score (nSPS) is 16.1. The van der Waals surface area contributed by atoms with Crippen molar-refractivity contribution in [1.29, 1.82) is 0 Å². The molecule has 0 atom stereocenters. The highest BCUT2D eigenvalue weighted by atomic mass is 32.2. The van der Waals surface area contributed by atoms with Gasteiger partial charge in [-0.05, 0) is 0 Å². The summed E-state index contributed by atoms with van der Waals surface area (Å²) in [7, 11) is -2.16. The van der Waals surface area contributed by atoms with Crippen molar-refractivity contribution in [2.75, 3.05) is 7.11 Å². The van der Waals surface area contributed by atoms with Gasteiger partial charge in [0.15, 0.2) is 9.84 Å². The molecule has 2 rings (SSSR count). The number of fused-ring (bicyclic) bond motifs is 1. The number of ether oxygens (including phenoxy) is 1. The Morgan fingerprint density at radius 1 is 1.40 bits per heavy atom. The van der Waals surface area contributed by atoms with Crippen molar-refractivity contribution in [2.45, 2.75) is 0 Å². The molecule has 0 spiro atoms. The van der Waals surface area contributed by atoms with Crippen molar-refractivity contribution in [1.82, 2.24) is 9.97 Å². The van der Waals surface area contributed by atoms with Crippen molar-refractivity contribution in [3.63, 3.8) is 0 Å². The number of carbonyl (C=O) groups is 1. The highest BCUT2D eigenvalue weighted by Crippen LogP contribution is 1.96. The Hall–Kier alpha value is -1.76. The first-order chi connectivity index (χ1) is 7.02. The summed E-state index contributed by atoms with van der Waals surface area (Å²) in [6.07, 6.45) is 1.27. The van der Waals surface area contributed by atoms with Gasteiger partial charge in [-0.1, -0.05) is 0 Å². The fourth-order valence-corrected chi connectivity index (χ4v) is 2.25. The molecule has 0 unspecified atom stereocenters. The lowest BCUT2D eigenvalue weighted by Crippen LogP contribution is -2.29. The van der Waals surface area contributed by atoms with Crippen LogP contribution in [0, 0.1) is 0 Å². The zero-order chi connectivity index (χ0) is 11.1. The largest absolute Gasteiger partial charge is 0.463 e. The summed E-state index contributed by atoms with van der Waals surface area (Å²) in [4.78, 5) is 18.5. The van der Waals surface area contributed by atoms with E-state index in [1.165, 1.54) is 13.3 Å². The second-order valence-corrected chi connectivity index (χ2v) is 4.50. The quantitative estimate of drug-likeness (QED) is 0.523. The molecule has 6 nitrogen and oxygen atoms in total. The molecule has 1 aliphatic heterocycles. The van der Waals surface area contributed by atoms with Crippen molar-refractivity contribution in [3.8, 4) is 0 Å². The molecule has 0 aromatic carbocycles. The molecule has 78 valence electrons. The van der Waals surface area contributed by atoms with Gasteiger partial charge < -0.3 is 4.74 Å². The average molecular weight is 226 g/mol. The number of nitrogens with zero attached hydrogens (tertiary/aromatic N) is 2. The number of rotatable bonds is 1. The average Bonchev–Trinajstić information content (AvgIpc) is 2.49. The van der Waals surface area contributed by atoms with E-state index in [1.54, 1.807) is 0 Å². The first-order valence-electron chi connectivity index (χ1n) is 3.92. The third-order valence-corrected chi connectivity index (χ3v) is 2.92. The van der Waals surface area contributed by atoms with Crippen LogP contribution in [0.4, 0.5) is 0 Å². The van der Waals surface area contributed by atoms with E-state index in [-0.39, 0.29) is 11.2 Å². The number of aromatic nitrogens is 2. The maximum Gasteiger partial charge on any atom is 0.376 e. The molecule has 0 saturated carbocycles. The number of carbonyl (C=O) groups excluding carboxylic acids is 1. The monoisotopic (exact) mass is 226 g/mol. The summed E-state index contributed by atoms with van der Waals surface area (Å²) in [5.74, 6) is -0.853. The molecule has 0 saturated heterocycles. The van der Waals surface area contributed by atoms with Gasteiger partial charge in [-0.3, -0.25) is 0 Å². The van der Waals surface area contributed by atoms with Crippen molar-refractivity contribution in [3.05, 3.63) is 22.6 Å². The fourth-order valence-electron chi connectivity index (χ4n) is 1.15. The van der Waals surface area contributed by atoms with Crippen LogP contribution in [0.5, 0.6) is 0 Å². The van der Waals surface area contributed by atoms with E-state index in [1.807, 2.05) is 0 Å². The van der Waals surface area contributed by atoms with Gasteiger partial charge in [-0.15, -0.1) is 0 Å². The van der Waals surface area contributed by atoms with E-state index in [9.17, 15) is 13.2 Å². The molecule has 7 heteroatoms. The highest BCUT2D eigenvalue weighted by Gasteiger charge is 2.14. The Bertz CT molecular complexity index is 648. The first-order valence-corrected chi connectivity index (χ1v) is 5.53. The third kappa shape index (κ3) is 1.73. The van der Waals surface area contributed by atoms with Gasteiger partial charge in [-0.25, -0.2) is 23.2 Å². The molecule has 15 heavy (non-hydrogen) atoms. The van der Waals surface area contributed by atoms with Crippen molar-refractivity contribution >= 4 is 26.6 Å². The maximum absolute atomic E-state index is 11.1. The van der Waals surface area contributed by atoms with Gasteiger partial charge in [0.1, 0.15) is 0 Å². The van der Waals surface area contributed by atoms with Crippen LogP contribution in [0.1, 0.15) is 10.6 Å². The van der Waals surface area contributed by atoms with Crippen LogP contribution in [0.2, 0.25) is 0 Å². The number of esters is 1. The van der Waals surface area contributed by atoms with E-state index in [0.29, 0.717) is 5.22 Å². The number of methoxy groups -OCH3 is 1. The van der Waals surface area contributed by atoms with Gasteiger partial charge in [0.2, 0.25) is 5.82 Å². The number of hydrogen-bond donors (Lipinski definition) is 0. The molecule has 0 aliphatic carbocycles. The lowest BCUT2D eigenvalue weighted by molar-refractivity contribution is 0.0586. The molecule has 2 heterocycles. The van der Waals surface area contributed by atoms with E-state index in [4.69, 9.17) is 0 Å². The molecule has 0 radical (unpaired) electrons. The topological polar surface area (TPSA) is 86.2 Å². The molecular formula is C8H6N2O4S. The molecular weight excluding hydrogens is 220 g/mol. The van der Waals surface area contributed by atoms with E-state index in [2.05, 4.69) is 14.7 Å². The minimum absolute atomic E-state index is 0.155. The van der Waals surface area contributed by atoms with E-state index >= 15 is 0 Å². The van der Waals surface area contributed by atoms with Crippen LogP contribution in [0.15, 0.2) is 6.20 Å². The summed E-state index contributed by atoms with van der Waals surface area (Å²) < 4.78 is 26.7. The van der Waals surface area contributed by atoms with Crippen LogP contribution in [-0.2, 0) is 14.6 Å². The van der Waals surface area contributed by atoms with Gasteiger partial charge in [0.25, 0.3) is 0 Å². The molecule has 1 aromatic heterocycles. The standard InChI is InChI=1S/C8H6N2O4S/c1-14-8(11)7-9-2-5-3-15(12,13)4-6(5)10-7/h2-4H,1H3. The lowest BCUT2D eigenvalue weighted by Gasteiger charge is -1.94. The second kappa shape index (κ2) is 3.13. The Morgan fingerprint density at radius 3 is 2.80 bits per heavy atom. The third-order valence-electron chi connectivity index (χ3n) is 1.78. The number of sulfone groups is 1. The Labute approximate surface area is 84.8 Å². The van der Waals surface area contributed by atoms with Gasteiger partial charge >= 0.3 is 5.97 Å². The van der Waals surface area contributed by atoms with E-state index in [0.717, 1.165) is 10.8 Å². The van der Waals surface area contributed by atoms with Crippen LogP contribution in [-0.4, -0.2) is 31.5 Å². The first kappa shape index (κ1) is 9.78. The molecule has 1 aromatic rings. The predicted molar refractivity (Wildman–Crippen MR) is 50.5 cm³/mol. The summed E-state index contributed by atoms with van der Waals surface area (Å²) in [5, 5.41) is 2.62. The van der Waals surface area contributed by atoms with Gasteiger partial charge in [-0.2, -0.15) is 0 Å². The van der Waals surface area contributed by atoms with E-state index < -0.39 is 15.8 Å². The minimum atomic E-state index is -3.36. The van der Waals surface area contributed by atoms with Crippen LogP contribution in [0.3, 0.4) is 0 Å². The zero-order valence-electron chi connectivity index (χ0n) is 7.67. The van der Waals surface area contributed by atoms with Gasteiger partial charge in [0, 0.05) is 16.8 Å². The van der Waals surface area contributed by atoms with Crippen LogP contribution in [0.25, 0.3) is 10.8 Å².